The van der Waals surface area contributed by atoms with Crippen LogP contribution in [0.5, 0.6) is 0 Å². The van der Waals surface area contributed by atoms with E-state index in [9.17, 15) is 0 Å². The van der Waals surface area contributed by atoms with Gasteiger partial charge in [0.2, 0.25) is 0 Å². The molecule has 0 saturated carbocycles. The average molecular weight is 274 g/mol. The first kappa shape index (κ1) is 17.3. The predicted octanol–water partition coefficient (Wildman–Crippen LogP) is 6.18. The minimum absolute atomic E-state index is 0.206. The maximum atomic E-state index is 2.44. The molecule has 0 atom stereocenters. The van der Waals surface area contributed by atoms with Crippen molar-refractivity contribution in [3.05, 3.63) is 34.4 Å². The molecule has 0 heterocycles. The van der Waals surface area contributed by atoms with Crippen molar-refractivity contribution in [1.82, 2.24) is 0 Å². The molecule has 0 heteroatoms. The Labute approximate surface area is 127 Å². The molecule has 0 amide bonds. The Kier molecular flexibility index (Phi) is 4.49. The summed E-state index contributed by atoms with van der Waals surface area (Å²) in [5.74, 6) is 0. The van der Waals surface area contributed by atoms with Gasteiger partial charge in [0.25, 0.3) is 0 Å². The zero-order valence-electron chi connectivity index (χ0n) is 15.4. The Morgan fingerprint density at radius 1 is 0.750 bits per heavy atom. The lowest BCUT2D eigenvalue weighted by Gasteiger charge is -2.30. The fourth-order valence-electron chi connectivity index (χ4n) is 2.74. The van der Waals surface area contributed by atoms with Crippen LogP contribution in [0.25, 0.3) is 0 Å². The summed E-state index contributed by atoms with van der Waals surface area (Å²) in [4.78, 5) is 0. The van der Waals surface area contributed by atoms with Gasteiger partial charge in [-0.15, -0.1) is 0 Å². The second-order valence-electron chi connectivity index (χ2n) is 9.55. The first-order valence-corrected chi connectivity index (χ1v) is 7.86. The van der Waals surface area contributed by atoms with E-state index >= 15 is 0 Å². The molecule has 0 saturated heterocycles. The lowest BCUT2D eigenvalue weighted by Crippen LogP contribution is -2.20. The lowest BCUT2D eigenvalue weighted by atomic mass is 9.75. The highest BCUT2D eigenvalue weighted by Crippen LogP contribution is 2.35. The molecule has 0 aliphatic heterocycles. The van der Waals surface area contributed by atoms with Gasteiger partial charge < -0.3 is 0 Å². The second kappa shape index (κ2) is 5.20. The summed E-state index contributed by atoms with van der Waals surface area (Å²) in [5, 5.41) is 0. The molecular formula is C20H34. The van der Waals surface area contributed by atoms with Gasteiger partial charge in [-0.1, -0.05) is 74.4 Å². The third kappa shape index (κ3) is 4.36. The summed E-state index contributed by atoms with van der Waals surface area (Å²) in [6.07, 6.45) is 1.14. The van der Waals surface area contributed by atoms with E-state index in [-0.39, 0.29) is 10.8 Å². The molecule has 0 aliphatic rings. The molecule has 0 fully saturated rings. The Bertz CT molecular complexity index is 470. The van der Waals surface area contributed by atoms with E-state index in [1.807, 2.05) is 0 Å². The highest BCUT2D eigenvalue weighted by molar-refractivity contribution is 5.44. The highest BCUT2D eigenvalue weighted by Gasteiger charge is 2.24. The van der Waals surface area contributed by atoms with Crippen molar-refractivity contribution >= 4 is 0 Å². The van der Waals surface area contributed by atoms with Crippen LogP contribution < -0.4 is 0 Å². The molecule has 0 spiro atoms. The van der Waals surface area contributed by atoms with E-state index in [0.29, 0.717) is 5.41 Å². The van der Waals surface area contributed by atoms with Crippen LogP contribution in [0, 0.1) is 12.3 Å². The molecule has 1 aromatic carbocycles. The van der Waals surface area contributed by atoms with E-state index in [2.05, 4.69) is 81.4 Å². The predicted molar refractivity (Wildman–Crippen MR) is 91.7 cm³/mol. The molecule has 20 heavy (non-hydrogen) atoms. The fraction of sp³-hybridized carbons (Fsp3) is 0.700. The zero-order chi connectivity index (χ0) is 15.9. The van der Waals surface area contributed by atoms with Crippen LogP contribution in [0.3, 0.4) is 0 Å². The van der Waals surface area contributed by atoms with Crippen molar-refractivity contribution < 1.29 is 0 Å². The van der Waals surface area contributed by atoms with E-state index in [0.717, 1.165) is 6.42 Å². The first-order valence-electron chi connectivity index (χ1n) is 7.86. The molecule has 1 aromatic rings. The number of benzene rings is 1. The van der Waals surface area contributed by atoms with Crippen molar-refractivity contribution in [1.29, 1.82) is 0 Å². The summed E-state index contributed by atoms with van der Waals surface area (Å²) < 4.78 is 0. The van der Waals surface area contributed by atoms with Crippen molar-refractivity contribution in [3.8, 4) is 0 Å². The van der Waals surface area contributed by atoms with Gasteiger partial charge in [0.1, 0.15) is 0 Å². The summed E-state index contributed by atoms with van der Waals surface area (Å²) in [7, 11) is 0. The van der Waals surface area contributed by atoms with Gasteiger partial charge in [-0.2, -0.15) is 0 Å². The van der Waals surface area contributed by atoms with Crippen molar-refractivity contribution in [3.63, 3.8) is 0 Å². The van der Waals surface area contributed by atoms with Gasteiger partial charge in [0.15, 0.2) is 0 Å². The number of rotatable bonds is 1. The quantitative estimate of drug-likeness (QED) is 0.573. The molecule has 0 aliphatic carbocycles. The lowest BCUT2D eigenvalue weighted by molar-refractivity contribution is 0.409. The van der Waals surface area contributed by atoms with E-state index in [4.69, 9.17) is 0 Å². The smallest absolute Gasteiger partial charge is 0.0129 e. The highest BCUT2D eigenvalue weighted by atomic mass is 14.3. The summed E-state index contributed by atoms with van der Waals surface area (Å²) in [6, 6.07) is 4.87. The van der Waals surface area contributed by atoms with Gasteiger partial charge in [-0.25, -0.2) is 0 Å². The minimum Gasteiger partial charge on any atom is -0.0599 e. The average Bonchev–Trinajstić information content (AvgIpc) is 2.15. The van der Waals surface area contributed by atoms with Crippen LogP contribution in [0.2, 0.25) is 0 Å². The monoisotopic (exact) mass is 274 g/mol. The molecule has 0 N–H and O–H groups in total. The van der Waals surface area contributed by atoms with Gasteiger partial charge in [0.05, 0.1) is 0 Å². The van der Waals surface area contributed by atoms with Crippen molar-refractivity contribution in [2.45, 2.75) is 86.5 Å². The molecule has 0 radical (unpaired) electrons. The first-order chi connectivity index (χ1) is 8.72. The Morgan fingerprint density at radius 3 is 1.60 bits per heavy atom. The van der Waals surface area contributed by atoms with Crippen LogP contribution in [0.4, 0.5) is 0 Å². The number of hydrogen-bond acceptors (Lipinski definition) is 0. The summed E-state index contributed by atoms with van der Waals surface area (Å²) in [6.45, 7) is 23.2. The molecule has 0 aromatic heterocycles. The van der Waals surface area contributed by atoms with Crippen LogP contribution in [0.1, 0.15) is 84.6 Å². The van der Waals surface area contributed by atoms with E-state index in [1.165, 1.54) is 22.3 Å². The third-order valence-electron chi connectivity index (χ3n) is 3.91. The molecule has 114 valence electrons. The fourth-order valence-corrected chi connectivity index (χ4v) is 2.74. The van der Waals surface area contributed by atoms with E-state index < -0.39 is 0 Å². The summed E-state index contributed by atoms with van der Waals surface area (Å²) >= 11 is 0. The standard InChI is InChI=1S/C20H34/c1-14-15(13-18(2,3)4)11-16(19(5,6)7)12-17(14)20(8,9)10/h11-12H,13H2,1-10H3. The topological polar surface area (TPSA) is 0 Å². The van der Waals surface area contributed by atoms with E-state index in [1.54, 1.807) is 0 Å². The van der Waals surface area contributed by atoms with Crippen molar-refractivity contribution in [2.24, 2.45) is 5.41 Å². The molecule has 1 rings (SSSR count). The Balaban J connectivity index is 3.51. The van der Waals surface area contributed by atoms with Crippen LogP contribution in [0.15, 0.2) is 12.1 Å². The van der Waals surface area contributed by atoms with Gasteiger partial charge in [-0.05, 0) is 51.8 Å². The second-order valence-corrected chi connectivity index (χ2v) is 9.55. The molecular weight excluding hydrogens is 240 g/mol. The molecule has 0 nitrogen and oxygen atoms in total. The van der Waals surface area contributed by atoms with Crippen LogP contribution in [-0.2, 0) is 17.3 Å². The minimum atomic E-state index is 0.206. The molecule has 0 unspecified atom stereocenters. The largest absolute Gasteiger partial charge is 0.0599 e. The third-order valence-corrected chi connectivity index (χ3v) is 3.91. The molecule has 0 bridgehead atoms. The van der Waals surface area contributed by atoms with Crippen LogP contribution >= 0.6 is 0 Å². The normalized spacial score (nSPS) is 13.7. The van der Waals surface area contributed by atoms with Gasteiger partial charge in [-0.3, -0.25) is 0 Å². The van der Waals surface area contributed by atoms with Crippen LogP contribution in [-0.4, -0.2) is 0 Å². The van der Waals surface area contributed by atoms with Crippen molar-refractivity contribution in [2.75, 3.05) is 0 Å². The Morgan fingerprint density at radius 2 is 1.25 bits per heavy atom. The Hall–Kier alpha value is -0.780. The van der Waals surface area contributed by atoms with Gasteiger partial charge in [0, 0.05) is 0 Å². The maximum Gasteiger partial charge on any atom is -0.0129 e. The summed E-state index contributed by atoms with van der Waals surface area (Å²) in [5.41, 5.74) is 6.72. The number of hydrogen-bond donors (Lipinski definition) is 0. The van der Waals surface area contributed by atoms with Gasteiger partial charge >= 0.3 is 0 Å². The zero-order valence-corrected chi connectivity index (χ0v) is 15.4. The maximum absolute atomic E-state index is 2.44. The SMILES string of the molecule is Cc1c(CC(C)(C)C)cc(C(C)(C)C)cc1C(C)(C)C.